The van der Waals surface area contributed by atoms with Crippen LogP contribution in [0.4, 0.5) is 24.8 Å². The molecule has 35 heavy (non-hydrogen) atoms. The number of rotatable bonds is 6. The minimum Gasteiger partial charge on any atom is -0.480 e. The van der Waals surface area contributed by atoms with Crippen molar-refractivity contribution >= 4 is 29.2 Å². The predicted octanol–water partition coefficient (Wildman–Crippen LogP) is 5.16. The number of carboxylic acids is 1. The fraction of sp³-hybridized carbons (Fsp3) is 0.136. The highest BCUT2D eigenvalue weighted by Gasteiger charge is 2.35. The molecule has 13 heteroatoms. The summed E-state index contributed by atoms with van der Waals surface area (Å²) in [6.45, 7) is 1.44. The van der Waals surface area contributed by atoms with Gasteiger partial charge in [0.25, 0.3) is 0 Å². The van der Waals surface area contributed by atoms with E-state index in [4.69, 9.17) is 16.3 Å². The lowest BCUT2D eigenvalue weighted by Crippen LogP contribution is -2.11. The molecule has 0 fully saturated rings. The summed E-state index contributed by atoms with van der Waals surface area (Å²) in [5.74, 6) is -1.40. The first-order chi connectivity index (χ1) is 16.6. The van der Waals surface area contributed by atoms with Crippen molar-refractivity contribution in [3.05, 3.63) is 70.8 Å². The molecular formula is C22H16ClF3N6O3. The maximum atomic E-state index is 13.3. The number of nitrogens with one attached hydrogen (secondary N) is 1. The van der Waals surface area contributed by atoms with Crippen molar-refractivity contribution in [3.8, 4) is 22.8 Å². The number of ether oxygens (including phenoxy) is 1. The van der Waals surface area contributed by atoms with Crippen LogP contribution in [0.15, 0.2) is 48.8 Å². The topological polar surface area (TPSA) is 115 Å². The van der Waals surface area contributed by atoms with Gasteiger partial charge in [-0.25, -0.2) is 19.4 Å². The molecule has 1 aromatic carbocycles. The van der Waals surface area contributed by atoms with Crippen molar-refractivity contribution in [1.82, 2.24) is 24.7 Å². The Kier molecular flexibility index (Phi) is 6.31. The Morgan fingerprint density at radius 2 is 1.94 bits per heavy atom. The van der Waals surface area contributed by atoms with Gasteiger partial charge in [-0.1, -0.05) is 17.7 Å². The zero-order chi connectivity index (χ0) is 25.3. The highest BCUT2D eigenvalue weighted by Crippen LogP contribution is 2.33. The molecule has 9 nitrogen and oxygen atoms in total. The SMILES string of the molecule is COc1ncc(-c2cnc(Nc3cccc(Cl)c3)nc2-n2nc(C(F)(F)F)cc2C)cc1C(=O)O. The van der Waals surface area contributed by atoms with Gasteiger partial charge in [-0.05, 0) is 37.3 Å². The Morgan fingerprint density at radius 3 is 2.57 bits per heavy atom. The number of methoxy groups -OCH3 is 1. The van der Waals surface area contributed by atoms with Gasteiger partial charge in [0.1, 0.15) is 5.56 Å². The third-order valence-corrected chi connectivity index (χ3v) is 5.05. The first kappa shape index (κ1) is 24.0. The second kappa shape index (κ2) is 9.22. The van der Waals surface area contributed by atoms with Crippen LogP contribution < -0.4 is 10.1 Å². The van der Waals surface area contributed by atoms with E-state index in [1.807, 2.05) is 0 Å². The number of hydrogen-bond acceptors (Lipinski definition) is 7. The van der Waals surface area contributed by atoms with Crippen molar-refractivity contribution in [3.63, 3.8) is 0 Å². The van der Waals surface area contributed by atoms with E-state index >= 15 is 0 Å². The van der Waals surface area contributed by atoms with E-state index < -0.39 is 17.8 Å². The van der Waals surface area contributed by atoms with Crippen LogP contribution in [0.25, 0.3) is 16.9 Å². The van der Waals surface area contributed by atoms with Crippen molar-refractivity contribution in [1.29, 1.82) is 0 Å². The molecule has 4 aromatic rings. The Labute approximate surface area is 201 Å². The van der Waals surface area contributed by atoms with Crippen LogP contribution in [-0.2, 0) is 6.18 Å². The summed E-state index contributed by atoms with van der Waals surface area (Å²) in [6, 6.07) is 8.84. The summed E-state index contributed by atoms with van der Waals surface area (Å²) in [5.41, 5.74) is -0.238. The third kappa shape index (κ3) is 5.01. The quantitative estimate of drug-likeness (QED) is 0.370. The normalized spacial score (nSPS) is 11.4. The standard InChI is InChI=1S/C22H16ClF3N6O3/c1-11-6-17(22(24,25)26)31-32(11)18-16(12-7-15(20(33)34)19(35-2)27-9-12)10-28-21(30-18)29-14-5-3-4-13(23)8-14/h3-10H,1-2H3,(H,33,34)(H,28,29,30). The van der Waals surface area contributed by atoms with Crippen molar-refractivity contribution in [2.24, 2.45) is 0 Å². The molecule has 3 heterocycles. The van der Waals surface area contributed by atoms with E-state index in [0.717, 1.165) is 10.7 Å². The fourth-order valence-corrected chi connectivity index (χ4v) is 3.43. The van der Waals surface area contributed by atoms with Crippen LogP contribution in [0.1, 0.15) is 21.7 Å². The van der Waals surface area contributed by atoms with Gasteiger partial charge < -0.3 is 15.2 Å². The molecule has 0 bridgehead atoms. The number of carboxylic acid groups (broad SMARTS) is 1. The second-order valence-electron chi connectivity index (χ2n) is 7.23. The minimum absolute atomic E-state index is 0.0270. The largest absolute Gasteiger partial charge is 0.480 e. The number of hydrogen-bond donors (Lipinski definition) is 2. The number of alkyl halides is 3. The smallest absolute Gasteiger partial charge is 0.435 e. The van der Waals surface area contributed by atoms with Gasteiger partial charge in [0, 0.05) is 39.9 Å². The van der Waals surface area contributed by atoms with Crippen LogP contribution in [0.5, 0.6) is 5.88 Å². The lowest BCUT2D eigenvalue weighted by molar-refractivity contribution is -0.141. The van der Waals surface area contributed by atoms with E-state index in [1.54, 1.807) is 24.3 Å². The van der Waals surface area contributed by atoms with E-state index in [0.29, 0.717) is 10.7 Å². The van der Waals surface area contributed by atoms with Crippen LogP contribution in [0.3, 0.4) is 0 Å². The average Bonchev–Trinajstić information content (AvgIpc) is 3.20. The van der Waals surface area contributed by atoms with Crippen molar-refractivity contribution < 1.29 is 27.8 Å². The van der Waals surface area contributed by atoms with E-state index in [9.17, 15) is 23.1 Å². The maximum Gasteiger partial charge on any atom is 0.435 e. The van der Waals surface area contributed by atoms with Crippen molar-refractivity contribution in [2.45, 2.75) is 13.1 Å². The van der Waals surface area contributed by atoms with Gasteiger partial charge in [0.15, 0.2) is 11.5 Å². The zero-order valence-electron chi connectivity index (χ0n) is 18.1. The fourth-order valence-electron chi connectivity index (χ4n) is 3.24. The molecule has 0 unspecified atom stereocenters. The molecule has 0 aliphatic carbocycles. The number of anilines is 2. The molecule has 0 saturated carbocycles. The van der Waals surface area contributed by atoms with E-state index in [1.165, 1.54) is 32.5 Å². The zero-order valence-corrected chi connectivity index (χ0v) is 18.9. The molecular weight excluding hydrogens is 489 g/mol. The lowest BCUT2D eigenvalue weighted by Gasteiger charge is -2.14. The summed E-state index contributed by atoms with van der Waals surface area (Å²) < 4.78 is 46.0. The number of nitrogens with zero attached hydrogens (tertiary/aromatic N) is 5. The Balaban J connectivity index is 1.89. The maximum absolute atomic E-state index is 13.3. The van der Waals surface area contributed by atoms with Gasteiger partial charge in [0.05, 0.1) is 7.11 Å². The number of carbonyl (C=O) groups is 1. The predicted molar refractivity (Wildman–Crippen MR) is 120 cm³/mol. The summed E-state index contributed by atoms with van der Waals surface area (Å²) in [6.07, 6.45) is -2.04. The first-order valence-electron chi connectivity index (χ1n) is 9.88. The average molecular weight is 505 g/mol. The molecule has 4 rings (SSSR count). The van der Waals surface area contributed by atoms with Crippen LogP contribution >= 0.6 is 11.6 Å². The number of aromatic nitrogens is 5. The van der Waals surface area contributed by atoms with Gasteiger partial charge in [-0.3, -0.25) is 0 Å². The number of benzene rings is 1. The number of pyridine rings is 1. The van der Waals surface area contributed by atoms with Crippen LogP contribution in [-0.4, -0.2) is 42.9 Å². The molecule has 0 atom stereocenters. The Morgan fingerprint density at radius 1 is 1.17 bits per heavy atom. The summed E-state index contributed by atoms with van der Waals surface area (Å²) in [7, 11) is 1.27. The molecule has 2 N–H and O–H groups in total. The lowest BCUT2D eigenvalue weighted by atomic mass is 10.1. The van der Waals surface area contributed by atoms with Crippen LogP contribution in [0.2, 0.25) is 5.02 Å². The van der Waals surface area contributed by atoms with Gasteiger partial charge >= 0.3 is 12.1 Å². The highest BCUT2D eigenvalue weighted by atomic mass is 35.5. The van der Waals surface area contributed by atoms with Crippen molar-refractivity contribution in [2.75, 3.05) is 12.4 Å². The minimum atomic E-state index is -4.68. The number of aromatic carboxylic acids is 1. The second-order valence-corrected chi connectivity index (χ2v) is 7.67. The molecule has 0 saturated heterocycles. The first-order valence-corrected chi connectivity index (χ1v) is 10.3. The van der Waals surface area contributed by atoms with Gasteiger partial charge in [-0.15, -0.1) is 0 Å². The third-order valence-electron chi connectivity index (χ3n) is 4.81. The van der Waals surface area contributed by atoms with Crippen LogP contribution in [0, 0.1) is 6.92 Å². The summed E-state index contributed by atoms with van der Waals surface area (Å²) in [4.78, 5) is 24.3. The molecule has 180 valence electrons. The van der Waals surface area contributed by atoms with Gasteiger partial charge in [-0.2, -0.15) is 23.3 Å². The monoisotopic (exact) mass is 504 g/mol. The van der Waals surface area contributed by atoms with Gasteiger partial charge in [0.2, 0.25) is 11.8 Å². The molecule has 0 spiro atoms. The number of halogens is 4. The van der Waals surface area contributed by atoms with E-state index in [2.05, 4.69) is 25.4 Å². The molecule has 0 amide bonds. The molecule has 0 aliphatic rings. The molecule has 3 aromatic heterocycles. The summed E-state index contributed by atoms with van der Waals surface area (Å²) >= 11 is 6.01. The summed E-state index contributed by atoms with van der Waals surface area (Å²) in [5, 5.41) is 16.6. The van der Waals surface area contributed by atoms with E-state index in [-0.39, 0.29) is 40.0 Å². The molecule has 0 radical (unpaired) electrons. The molecule has 0 aliphatic heterocycles. The Bertz CT molecular complexity index is 1420. The number of aryl methyl sites for hydroxylation is 1. The highest BCUT2D eigenvalue weighted by molar-refractivity contribution is 6.30. The Hall–Kier alpha value is -4.19.